The highest BCUT2D eigenvalue weighted by Crippen LogP contribution is 2.21. The second-order valence-electron chi connectivity index (χ2n) is 10.3. The highest BCUT2D eigenvalue weighted by atomic mass is 16.5. The zero-order chi connectivity index (χ0) is 31.1. The summed E-state index contributed by atoms with van der Waals surface area (Å²) in [5, 5.41) is 11.4. The van der Waals surface area contributed by atoms with Crippen molar-refractivity contribution < 1.29 is 19.1 Å². The van der Waals surface area contributed by atoms with Crippen LogP contribution in [0.15, 0.2) is 109 Å². The molecule has 0 radical (unpaired) electrons. The van der Waals surface area contributed by atoms with Crippen molar-refractivity contribution in [1.29, 1.82) is 0 Å². The summed E-state index contributed by atoms with van der Waals surface area (Å²) in [5.74, 6) is -0.437. The number of anilines is 1. The lowest BCUT2D eigenvalue weighted by molar-refractivity contribution is -0.120. The van der Waals surface area contributed by atoms with Crippen LogP contribution in [0.4, 0.5) is 5.69 Å². The first-order valence-electron chi connectivity index (χ1n) is 14.0. The van der Waals surface area contributed by atoms with Gasteiger partial charge in [0.25, 0.3) is 5.91 Å². The molecule has 5 aromatic rings. The van der Waals surface area contributed by atoms with E-state index in [1.54, 1.807) is 79.6 Å². The number of carbonyl (C=O) groups is 3. The highest BCUT2D eigenvalue weighted by molar-refractivity contribution is 6.02. The van der Waals surface area contributed by atoms with Crippen LogP contribution in [0.25, 0.3) is 11.3 Å². The van der Waals surface area contributed by atoms with Crippen LogP contribution in [0.5, 0.6) is 5.75 Å². The van der Waals surface area contributed by atoms with Gasteiger partial charge in [0.15, 0.2) is 0 Å². The van der Waals surface area contributed by atoms with E-state index in [9.17, 15) is 14.4 Å². The highest BCUT2D eigenvalue weighted by Gasteiger charge is 2.26. The van der Waals surface area contributed by atoms with E-state index in [0.29, 0.717) is 46.8 Å². The smallest absolute Gasteiger partial charge is 0.251 e. The lowest BCUT2D eigenvalue weighted by atomic mass is 10.0. The zero-order valence-electron chi connectivity index (χ0n) is 24.4. The molecule has 5 rings (SSSR count). The summed E-state index contributed by atoms with van der Waals surface area (Å²) in [6, 6.07) is 29.9. The number of rotatable bonds is 11. The molecule has 0 spiro atoms. The molecule has 1 aromatic heterocycles. The molecule has 0 unspecified atom stereocenters. The van der Waals surface area contributed by atoms with Crippen LogP contribution in [-0.2, 0) is 17.8 Å². The number of methoxy groups -OCH3 is 1. The van der Waals surface area contributed by atoms with Gasteiger partial charge in [-0.05, 0) is 59.7 Å². The average molecular weight is 589 g/mol. The van der Waals surface area contributed by atoms with E-state index in [2.05, 4.69) is 15.6 Å². The number of nitrogens with zero attached hydrogens (tertiary/aromatic N) is 4. The minimum absolute atomic E-state index is 0.254. The number of likely N-dealkylation sites (N-methyl/N-ethyl adjacent to an activating group) is 1. The summed E-state index contributed by atoms with van der Waals surface area (Å²) in [4.78, 5) is 40.1. The maximum absolute atomic E-state index is 13.7. The van der Waals surface area contributed by atoms with E-state index in [-0.39, 0.29) is 11.8 Å². The first kappa shape index (κ1) is 29.7. The Balaban J connectivity index is 1.32. The monoisotopic (exact) mass is 588 g/mol. The third-order valence-corrected chi connectivity index (χ3v) is 7.22. The second-order valence-corrected chi connectivity index (χ2v) is 10.3. The maximum atomic E-state index is 13.7. The predicted octanol–water partition coefficient (Wildman–Crippen LogP) is 4.11. The lowest BCUT2D eigenvalue weighted by Crippen LogP contribution is -2.48. The zero-order valence-corrected chi connectivity index (χ0v) is 24.4. The van der Waals surface area contributed by atoms with Crippen LogP contribution in [0.2, 0.25) is 0 Å². The lowest BCUT2D eigenvalue weighted by Gasteiger charge is -2.25. The van der Waals surface area contributed by atoms with Gasteiger partial charge in [0.2, 0.25) is 11.8 Å². The summed E-state index contributed by atoms with van der Waals surface area (Å²) in [5.41, 5.74) is 9.95. The molecular formula is C34H32N6O4. The SMILES string of the molecule is COc1ccc(N(C)C(=O)[C@H](Cc2ccccc2)NC(=O)c2cccc(-c3cn(Cc4ccc(C(N)=O)cc4)nn3)c2)cc1. The number of hydrogen-bond donors (Lipinski definition) is 2. The van der Waals surface area contributed by atoms with Gasteiger partial charge < -0.3 is 20.7 Å². The molecule has 1 atom stereocenters. The van der Waals surface area contributed by atoms with Crippen LogP contribution in [-0.4, -0.2) is 52.9 Å². The molecule has 0 aliphatic rings. The largest absolute Gasteiger partial charge is 0.497 e. The van der Waals surface area contributed by atoms with Crippen molar-refractivity contribution in [3.63, 3.8) is 0 Å². The molecule has 4 aromatic carbocycles. The van der Waals surface area contributed by atoms with Crippen LogP contribution in [0.3, 0.4) is 0 Å². The second kappa shape index (κ2) is 13.5. The van der Waals surface area contributed by atoms with Crippen molar-refractivity contribution >= 4 is 23.4 Å². The Bertz CT molecular complexity index is 1750. The van der Waals surface area contributed by atoms with E-state index in [1.165, 1.54) is 4.90 Å². The molecule has 10 heteroatoms. The molecule has 3 N–H and O–H groups in total. The van der Waals surface area contributed by atoms with Gasteiger partial charge in [-0.2, -0.15) is 0 Å². The van der Waals surface area contributed by atoms with E-state index in [1.807, 2.05) is 48.5 Å². The minimum Gasteiger partial charge on any atom is -0.497 e. The summed E-state index contributed by atoms with van der Waals surface area (Å²) in [6.45, 7) is 0.442. The molecule has 222 valence electrons. The van der Waals surface area contributed by atoms with Gasteiger partial charge >= 0.3 is 0 Å². The Kier molecular flexibility index (Phi) is 9.10. The summed E-state index contributed by atoms with van der Waals surface area (Å²) < 4.78 is 6.91. The van der Waals surface area contributed by atoms with Gasteiger partial charge in [0.05, 0.1) is 19.9 Å². The number of carbonyl (C=O) groups excluding carboxylic acids is 3. The quantitative estimate of drug-likeness (QED) is 0.239. The number of amides is 3. The van der Waals surface area contributed by atoms with Crippen molar-refractivity contribution in [1.82, 2.24) is 20.3 Å². The van der Waals surface area contributed by atoms with Gasteiger partial charge in [-0.1, -0.05) is 59.8 Å². The van der Waals surface area contributed by atoms with Gasteiger partial charge in [-0.15, -0.1) is 5.10 Å². The fraction of sp³-hybridized carbons (Fsp3) is 0.147. The molecule has 0 aliphatic carbocycles. The van der Waals surface area contributed by atoms with E-state index in [0.717, 1.165) is 11.1 Å². The van der Waals surface area contributed by atoms with Gasteiger partial charge in [-0.3, -0.25) is 14.4 Å². The molecule has 1 heterocycles. The Morgan fingerprint density at radius 2 is 1.61 bits per heavy atom. The standard InChI is InChI=1S/C34H32N6O4/c1-39(28-15-17-29(44-2)18-16-28)34(43)30(19-23-7-4-3-5-8-23)36-33(42)27-10-6-9-26(20-27)31-22-40(38-37-31)21-24-11-13-25(14-12-24)32(35)41/h3-18,20,22,30H,19,21H2,1-2H3,(H2,35,41)(H,36,42)/t30-/m0/s1. The van der Waals surface area contributed by atoms with E-state index < -0.39 is 11.9 Å². The van der Waals surface area contributed by atoms with Crippen molar-refractivity contribution in [3.05, 3.63) is 132 Å². The van der Waals surface area contributed by atoms with Crippen LogP contribution >= 0.6 is 0 Å². The number of primary amides is 1. The number of aromatic nitrogens is 3. The third-order valence-electron chi connectivity index (χ3n) is 7.22. The normalized spacial score (nSPS) is 11.4. The topological polar surface area (TPSA) is 132 Å². The first-order chi connectivity index (χ1) is 21.3. The van der Waals surface area contributed by atoms with Crippen molar-refractivity contribution in [2.24, 2.45) is 5.73 Å². The summed E-state index contributed by atoms with van der Waals surface area (Å²) in [6.07, 6.45) is 2.10. The van der Waals surface area contributed by atoms with Crippen LogP contribution in [0.1, 0.15) is 31.8 Å². The molecule has 0 saturated heterocycles. The number of nitrogens with one attached hydrogen (secondary N) is 1. The first-order valence-corrected chi connectivity index (χ1v) is 14.0. The van der Waals surface area contributed by atoms with Gasteiger partial charge in [-0.25, -0.2) is 4.68 Å². The molecule has 0 bridgehead atoms. The Labute approximate surface area is 255 Å². The number of benzene rings is 4. The van der Waals surface area contributed by atoms with E-state index in [4.69, 9.17) is 10.5 Å². The van der Waals surface area contributed by atoms with Gasteiger partial charge in [0, 0.05) is 35.8 Å². The fourth-order valence-corrected chi connectivity index (χ4v) is 4.75. The van der Waals surface area contributed by atoms with Crippen molar-refractivity contribution in [2.45, 2.75) is 19.0 Å². The Morgan fingerprint density at radius 3 is 2.30 bits per heavy atom. The fourth-order valence-electron chi connectivity index (χ4n) is 4.75. The van der Waals surface area contributed by atoms with Gasteiger partial charge in [0.1, 0.15) is 17.5 Å². The number of hydrogen-bond acceptors (Lipinski definition) is 6. The third kappa shape index (κ3) is 7.16. The average Bonchev–Trinajstić information content (AvgIpc) is 3.53. The minimum atomic E-state index is -0.817. The molecule has 0 saturated carbocycles. The Morgan fingerprint density at radius 1 is 0.886 bits per heavy atom. The van der Waals surface area contributed by atoms with Crippen molar-refractivity contribution in [3.8, 4) is 17.0 Å². The number of ether oxygens (including phenoxy) is 1. The molecule has 10 nitrogen and oxygen atoms in total. The van der Waals surface area contributed by atoms with Crippen molar-refractivity contribution in [2.75, 3.05) is 19.1 Å². The molecule has 3 amide bonds. The molecule has 44 heavy (non-hydrogen) atoms. The maximum Gasteiger partial charge on any atom is 0.251 e. The number of nitrogens with two attached hydrogens (primary N) is 1. The Hall–Kier alpha value is -5.77. The van der Waals surface area contributed by atoms with E-state index >= 15 is 0 Å². The molecule has 0 fully saturated rings. The molecule has 0 aliphatic heterocycles. The summed E-state index contributed by atoms with van der Waals surface area (Å²) in [7, 11) is 3.27. The predicted molar refractivity (Wildman–Crippen MR) is 167 cm³/mol. The molecular weight excluding hydrogens is 556 g/mol. The van der Waals surface area contributed by atoms with Crippen LogP contribution < -0.4 is 20.7 Å². The summed E-state index contributed by atoms with van der Waals surface area (Å²) >= 11 is 0. The van der Waals surface area contributed by atoms with Crippen LogP contribution in [0, 0.1) is 0 Å².